The Morgan fingerprint density at radius 3 is 2.53 bits per heavy atom. The average molecular weight is 246 g/mol. The molecule has 0 amide bonds. The van der Waals surface area contributed by atoms with Crippen LogP contribution in [0.4, 0.5) is 0 Å². The number of benzene rings is 2. The SMILES string of the molecule is Cc1c(-c2ccccc2)nc2n1Cc1ccccc1-2. The van der Waals surface area contributed by atoms with Crippen molar-refractivity contribution in [1.82, 2.24) is 9.55 Å². The van der Waals surface area contributed by atoms with Crippen molar-refractivity contribution in [3.63, 3.8) is 0 Å². The summed E-state index contributed by atoms with van der Waals surface area (Å²) in [7, 11) is 0. The highest BCUT2D eigenvalue weighted by Gasteiger charge is 2.23. The molecule has 2 heteroatoms. The topological polar surface area (TPSA) is 17.8 Å². The molecule has 0 saturated heterocycles. The van der Waals surface area contributed by atoms with Crippen LogP contribution in [0.1, 0.15) is 11.3 Å². The van der Waals surface area contributed by atoms with Gasteiger partial charge < -0.3 is 4.57 Å². The molecule has 2 aromatic carbocycles. The lowest BCUT2D eigenvalue weighted by atomic mass is 10.1. The Labute approximate surface area is 112 Å². The normalized spacial score (nSPS) is 12.3. The summed E-state index contributed by atoms with van der Waals surface area (Å²) in [6.07, 6.45) is 0. The van der Waals surface area contributed by atoms with Gasteiger partial charge in [0.1, 0.15) is 5.82 Å². The molecule has 0 atom stereocenters. The highest BCUT2D eigenvalue weighted by atomic mass is 15.1. The van der Waals surface area contributed by atoms with Crippen molar-refractivity contribution < 1.29 is 0 Å². The number of fused-ring (bicyclic) bond motifs is 3. The van der Waals surface area contributed by atoms with Crippen molar-refractivity contribution in [3.8, 4) is 22.6 Å². The Morgan fingerprint density at radius 1 is 0.947 bits per heavy atom. The number of rotatable bonds is 1. The lowest BCUT2D eigenvalue weighted by Gasteiger charge is -2.02. The van der Waals surface area contributed by atoms with E-state index >= 15 is 0 Å². The molecule has 3 aromatic rings. The largest absolute Gasteiger partial charge is 0.323 e. The minimum atomic E-state index is 0.942. The molecule has 1 aromatic heterocycles. The Bertz CT molecular complexity index is 753. The number of nitrogens with zero attached hydrogens (tertiary/aromatic N) is 2. The highest BCUT2D eigenvalue weighted by molar-refractivity contribution is 5.72. The lowest BCUT2D eigenvalue weighted by molar-refractivity contribution is 0.816. The zero-order valence-electron chi connectivity index (χ0n) is 10.8. The van der Waals surface area contributed by atoms with E-state index in [9.17, 15) is 0 Å². The van der Waals surface area contributed by atoms with Crippen molar-refractivity contribution in [2.45, 2.75) is 13.5 Å². The summed E-state index contributed by atoms with van der Waals surface area (Å²) in [6.45, 7) is 3.10. The van der Waals surface area contributed by atoms with Gasteiger partial charge in [0.05, 0.1) is 12.2 Å². The van der Waals surface area contributed by atoms with E-state index < -0.39 is 0 Å². The van der Waals surface area contributed by atoms with Crippen LogP contribution in [0.25, 0.3) is 22.6 Å². The van der Waals surface area contributed by atoms with Crippen LogP contribution >= 0.6 is 0 Å². The van der Waals surface area contributed by atoms with Gasteiger partial charge in [-0.2, -0.15) is 0 Å². The highest BCUT2D eigenvalue weighted by Crippen LogP contribution is 2.35. The minimum Gasteiger partial charge on any atom is -0.323 e. The lowest BCUT2D eigenvalue weighted by Crippen LogP contribution is -1.95. The molecule has 92 valence electrons. The number of aromatic nitrogens is 2. The summed E-state index contributed by atoms with van der Waals surface area (Å²) in [4.78, 5) is 4.86. The second-order valence-corrected chi connectivity index (χ2v) is 4.98. The molecule has 2 nitrogen and oxygen atoms in total. The fourth-order valence-corrected chi connectivity index (χ4v) is 2.85. The summed E-state index contributed by atoms with van der Waals surface area (Å²) >= 11 is 0. The molecule has 0 unspecified atom stereocenters. The van der Waals surface area contributed by atoms with E-state index in [-0.39, 0.29) is 0 Å². The zero-order valence-corrected chi connectivity index (χ0v) is 10.8. The van der Waals surface area contributed by atoms with E-state index in [1.54, 1.807) is 0 Å². The predicted molar refractivity (Wildman–Crippen MR) is 76.9 cm³/mol. The minimum absolute atomic E-state index is 0.942. The molecule has 1 aliphatic rings. The Kier molecular flexibility index (Phi) is 2.12. The first-order valence-electron chi connectivity index (χ1n) is 6.55. The van der Waals surface area contributed by atoms with Crippen LogP contribution in [0.2, 0.25) is 0 Å². The molecule has 0 spiro atoms. The molecule has 0 aliphatic carbocycles. The third kappa shape index (κ3) is 1.46. The van der Waals surface area contributed by atoms with Crippen molar-refractivity contribution in [2.75, 3.05) is 0 Å². The van der Waals surface area contributed by atoms with Crippen molar-refractivity contribution in [2.24, 2.45) is 0 Å². The van der Waals surface area contributed by atoms with Gasteiger partial charge in [0.15, 0.2) is 0 Å². The van der Waals surface area contributed by atoms with E-state index in [1.807, 2.05) is 6.07 Å². The maximum atomic E-state index is 4.86. The maximum absolute atomic E-state index is 4.86. The van der Waals surface area contributed by atoms with Gasteiger partial charge in [-0.15, -0.1) is 0 Å². The van der Waals surface area contributed by atoms with Crippen molar-refractivity contribution in [1.29, 1.82) is 0 Å². The molecule has 0 N–H and O–H groups in total. The van der Waals surface area contributed by atoms with Crippen LogP contribution in [0.3, 0.4) is 0 Å². The second kappa shape index (κ2) is 3.82. The summed E-state index contributed by atoms with van der Waals surface area (Å²) in [5, 5.41) is 0. The fourth-order valence-electron chi connectivity index (χ4n) is 2.85. The zero-order chi connectivity index (χ0) is 12.8. The summed E-state index contributed by atoms with van der Waals surface area (Å²) in [5.74, 6) is 1.10. The van der Waals surface area contributed by atoms with Crippen LogP contribution in [-0.2, 0) is 6.54 Å². The van der Waals surface area contributed by atoms with E-state index in [0.717, 1.165) is 18.1 Å². The van der Waals surface area contributed by atoms with E-state index in [4.69, 9.17) is 4.98 Å². The maximum Gasteiger partial charge on any atom is 0.141 e. The number of hydrogen-bond acceptors (Lipinski definition) is 1. The van der Waals surface area contributed by atoms with Gasteiger partial charge in [0.2, 0.25) is 0 Å². The summed E-state index contributed by atoms with van der Waals surface area (Å²) in [6, 6.07) is 18.9. The third-order valence-corrected chi connectivity index (χ3v) is 3.85. The Hall–Kier alpha value is -2.35. The average Bonchev–Trinajstić information content (AvgIpc) is 2.98. The Balaban J connectivity index is 1.93. The first kappa shape index (κ1) is 10.6. The standard InChI is InChI=1S/C17H14N2/c1-12-16(13-7-3-2-4-8-13)18-17-15-10-6-5-9-14(15)11-19(12)17/h2-10H,11H2,1H3. The molecule has 0 bridgehead atoms. The first-order valence-corrected chi connectivity index (χ1v) is 6.55. The fraction of sp³-hybridized carbons (Fsp3) is 0.118. The molecule has 2 heterocycles. The van der Waals surface area contributed by atoms with E-state index in [0.29, 0.717) is 0 Å². The third-order valence-electron chi connectivity index (χ3n) is 3.85. The van der Waals surface area contributed by atoms with Crippen LogP contribution in [0.5, 0.6) is 0 Å². The van der Waals surface area contributed by atoms with Crippen molar-refractivity contribution >= 4 is 0 Å². The molecule has 19 heavy (non-hydrogen) atoms. The number of imidazole rings is 1. The van der Waals surface area contributed by atoms with Gasteiger partial charge in [-0.05, 0) is 12.5 Å². The molecule has 0 saturated carbocycles. The predicted octanol–water partition coefficient (Wildman–Crippen LogP) is 3.89. The monoisotopic (exact) mass is 246 g/mol. The van der Waals surface area contributed by atoms with Crippen molar-refractivity contribution in [3.05, 3.63) is 65.9 Å². The Morgan fingerprint density at radius 2 is 1.68 bits per heavy atom. The van der Waals surface area contributed by atoms with E-state index in [2.05, 4.69) is 60.0 Å². The van der Waals surface area contributed by atoms with Gasteiger partial charge in [-0.3, -0.25) is 0 Å². The van der Waals surface area contributed by atoms with Crippen LogP contribution in [0, 0.1) is 6.92 Å². The van der Waals surface area contributed by atoms with Crippen LogP contribution in [-0.4, -0.2) is 9.55 Å². The molecular weight excluding hydrogens is 232 g/mol. The van der Waals surface area contributed by atoms with E-state index in [1.165, 1.54) is 22.4 Å². The van der Waals surface area contributed by atoms with Gasteiger partial charge >= 0.3 is 0 Å². The molecule has 4 rings (SSSR count). The van der Waals surface area contributed by atoms with Gasteiger partial charge in [-0.25, -0.2) is 4.98 Å². The summed E-state index contributed by atoms with van der Waals surface area (Å²) < 4.78 is 2.31. The quantitative estimate of drug-likeness (QED) is 0.498. The number of hydrogen-bond donors (Lipinski definition) is 0. The van der Waals surface area contributed by atoms with Gasteiger partial charge in [0, 0.05) is 16.8 Å². The molecule has 0 fully saturated rings. The molecule has 0 radical (unpaired) electrons. The smallest absolute Gasteiger partial charge is 0.141 e. The van der Waals surface area contributed by atoms with Gasteiger partial charge in [-0.1, -0.05) is 54.6 Å². The van der Waals surface area contributed by atoms with Crippen LogP contribution < -0.4 is 0 Å². The molecular formula is C17H14N2. The summed E-state index contributed by atoms with van der Waals surface area (Å²) in [5.41, 5.74) is 6.18. The second-order valence-electron chi connectivity index (χ2n) is 4.98. The van der Waals surface area contributed by atoms with Crippen LogP contribution in [0.15, 0.2) is 54.6 Å². The van der Waals surface area contributed by atoms with Gasteiger partial charge in [0.25, 0.3) is 0 Å². The molecule has 1 aliphatic heterocycles. The first-order chi connectivity index (χ1) is 9.34.